The van der Waals surface area contributed by atoms with Crippen molar-refractivity contribution < 1.29 is 0 Å². The molecule has 18 heavy (non-hydrogen) atoms. The number of nitrogens with one attached hydrogen (secondary N) is 1. The smallest absolute Gasteiger partial charge is 0.0945 e. The molecule has 0 saturated heterocycles. The molecule has 0 aromatic carbocycles. The molecule has 1 aromatic heterocycles. The Morgan fingerprint density at radius 1 is 1.28 bits per heavy atom. The van der Waals surface area contributed by atoms with Gasteiger partial charge in [0.2, 0.25) is 0 Å². The van der Waals surface area contributed by atoms with Crippen molar-refractivity contribution in [2.24, 2.45) is 5.92 Å². The maximum absolute atomic E-state index is 4.06. The zero-order chi connectivity index (χ0) is 12.6. The zero-order valence-corrected chi connectivity index (χ0v) is 11.6. The van der Waals surface area contributed by atoms with Crippen molar-refractivity contribution in [3.63, 3.8) is 0 Å². The Hall–Kier alpha value is -0.830. The summed E-state index contributed by atoms with van der Waals surface area (Å²) in [4.78, 5) is 4.06. The van der Waals surface area contributed by atoms with E-state index in [0.29, 0.717) is 6.04 Å². The van der Waals surface area contributed by atoms with E-state index in [0.717, 1.165) is 19.0 Å². The van der Waals surface area contributed by atoms with E-state index in [2.05, 4.69) is 21.8 Å². The van der Waals surface area contributed by atoms with Gasteiger partial charge in [0.25, 0.3) is 0 Å². The van der Waals surface area contributed by atoms with Gasteiger partial charge in [0, 0.05) is 25.0 Å². The van der Waals surface area contributed by atoms with Crippen molar-refractivity contribution in [3.05, 3.63) is 18.7 Å². The fraction of sp³-hybridized carbons (Fsp3) is 0.800. The highest BCUT2D eigenvalue weighted by molar-refractivity contribution is 4.76. The van der Waals surface area contributed by atoms with Crippen LogP contribution in [0.15, 0.2) is 18.7 Å². The normalized spacial score (nSPS) is 19.6. The van der Waals surface area contributed by atoms with Crippen molar-refractivity contribution in [2.45, 2.75) is 64.5 Å². The molecule has 1 heterocycles. The van der Waals surface area contributed by atoms with Gasteiger partial charge in [0.1, 0.15) is 0 Å². The minimum atomic E-state index is 0.686. The van der Waals surface area contributed by atoms with E-state index < -0.39 is 0 Å². The summed E-state index contributed by atoms with van der Waals surface area (Å²) >= 11 is 0. The zero-order valence-electron chi connectivity index (χ0n) is 11.6. The predicted octanol–water partition coefficient (Wildman–Crippen LogP) is 3.22. The molecule has 0 unspecified atom stereocenters. The molecule has 0 radical (unpaired) electrons. The first kappa shape index (κ1) is 13.6. The molecule has 1 aliphatic carbocycles. The Morgan fingerprint density at radius 2 is 2.06 bits per heavy atom. The molecular formula is C15H27N3. The van der Waals surface area contributed by atoms with Gasteiger partial charge in [-0.2, -0.15) is 0 Å². The monoisotopic (exact) mass is 249 g/mol. The molecular weight excluding hydrogens is 222 g/mol. The summed E-state index contributed by atoms with van der Waals surface area (Å²) < 4.78 is 2.15. The number of rotatable bonds is 6. The van der Waals surface area contributed by atoms with Crippen LogP contribution < -0.4 is 5.32 Å². The van der Waals surface area contributed by atoms with Crippen LogP contribution in [0.3, 0.4) is 0 Å². The summed E-state index contributed by atoms with van der Waals surface area (Å²) in [5.41, 5.74) is 0. The lowest BCUT2D eigenvalue weighted by atomic mass is 9.93. The standard InChI is InChI=1S/C15H27N3/c1-14(15-7-4-2-3-5-8-15)17-9-6-11-18-12-10-16-13-18/h10,12-15,17H,2-9,11H2,1H3/t14-/m1/s1. The molecule has 0 amide bonds. The van der Waals surface area contributed by atoms with Crippen LogP contribution in [0.1, 0.15) is 51.9 Å². The molecule has 3 heteroatoms. The van der Waals surface area contributed by atoms with Crippen molar-refractivity contribution in [2.75, 3.05) is 6.54 Å². The van der Waals surface area contributed by atoms with E-state index >= 15 is 0 Å². The highest BCUT2D eigenvalue weighted by Crippen LogP contribution is 2.25. The van der Waals surface area contributed by atoms with Gasteiger partial charge in [-0.1, -0.05) is 25.7 Å². The highest BCUT2D eigenvalue weighted by atomic mass is 15.0. The summed E-state index contributed by atoms with van der Waals surface area (Å²) in [6.07, 6.45) is 15.6. The number of nitrogens with zero attached hydrogens (tertiary/aromatic N) is 2. The predicted molar refractivity (Wildman–Crippen MR) is 75.5 cm³/mol. The topological polar surface area (TPSA) is 29.9 Å². The fourth-order valence-electron chi connectivity index (χ4n) is 2.99. The Balaban J connectivity index is 1.60. The van der Waals surface area contributed by atoms with E-state index in [9.17, 15) is 0 Å². The molecule has 1 saturated carbocycles. The SMILES string of the molecule is C[C@@H](NCCCn1ccnc1)C1CCCCCC1. The molecule has 1 N–H and O–H groups in total. The Kier molecular flexibility index (Phi) is 5.72. The van der Waals surface area contributed by atoms with E-state index in [1.807, 2.05) is 18.7 Å². The van der Waals surface area contributed by atoms with Gasteiger partial charge in [-0.3, -0.25) is 0 Å². The average molecular weight is 249 g/mol. The van der Waals surface area contributed by atoms with Crippen LogP contribution in [0.25, 0.3) is 0 Å². The second kappa shape index (κ2) is 7.57. The fourth-order valence-corrected chi connectivity index (χ4v) is 2.99. The first-order chi connectivity index (χ1) is 8.86. The van der Waals surface area contributed by atoms with Gasteiger partial charge in [-0.05, 0) is 38.6 Å². The minimum Gasteiger partial charge on any atom is -0.337 e. The average Bonchev–Trinajstić information content (AvgIpc) is 2.74. The minimum absolute atomic E-state index is 0.686. The van der Waals surface area contributed by atoms with Crippen molar-refractivity contribution in [1.29, 1.82) is 0 Å². The van der Waals surface area contributed by atoms with Crippen molar-refractivity contribution in [3.8, 4) is 0 Å². The lowest BCUT2D eigenvalue weighted by molar-refractivity contribution is 0.335. The number of hydrogen-bond acceptors (Lipinski definition) is 2. The largest absolute Gasteiger partial charge is 0.337 e. The van der Waals surface area contributed by atoms with E-state index in [1.165, 1.54) is 44.9 Å². The van der Waals surface area contributed by atoms with Crippen LogP contribution in [0.2, 0.25) is 0 Å². The van der Waals surface area contributed by atoms with Crippen LogP contribution >= 0.6 is 0 Å². The summed E-state index contributed by atoms with van der Waals surface area (Å²) in [5, 5.41) is 3.71. The summed E-state index contributed by atoms with van der Waals surface area (Å²) in [6, 6.07) is 0.686. The number of aromatic nitrogens is 2. The van der Waals surface area contributed by atoms with Crippen molar-refractivity contribution >= 4 is 0 Å². The Labute approximate surface area is 111 Å². The summed E-state index contributed by atoms with van der Waals surface area (Å²) in [6.45, 7) is 4.56. The quantitative estimate of drug-likeness (QED) is 0.619. The third kappa shape index (κ3) is 4.45. The van der Waals surface area contributed by atoms with Gasteiger partial charge in [0.05, 0.1) is 6.33 Å². The molecule has 0 bridgehead atoms. The van der Waals surface area contributed by atoms with Crippen LogP contribution in [0, 0.1) is 5.92 Å². The van der Waals surface area contributed by atoms with Crippen LogP contribution in [-0.2, 0) is 6.54 Å². The molecule has 102 valence electrons. The maximum atomic E-state index is 4.06. The third-order valence-electron chi connectivity index (χ3n) is 4.23. The first-order valence-electron chi connectivity index (χ1n) is 7.55. The van der Waals surface area contributed by atoms with Gasteiger partial charge in [-0.15, -0.1) is 0 Å². The van der Waals surface area contributed by atoms with Crippen LogP contribution in [0.5, 0.6) is 0 Å². The van der Waals surface area contributed by atoms with Gasteiger partial charge < -0.3 is 9.88 Å². The molecule has 1 aliphatic rings. The lowest BCUT2D eigenvalue weighted by Gasteiger charge is -2.23. The van der Waals surface area contributed by atoms with Gasteiger partial charge in [0.15, 0.2) is 0 Å². The van der Waals surface area contributed by atoms with E-state index in [-0.39, 0.29) is 0 Å². The van der Waals surface area contributed by atoms with Crippen LogP contribution in [0.4, 0.5) is 0 Å². The molecule has 3 nitrogen and oxygen atoms in total. The molecule has 1 fully saturated rings. The number of hydrogen-bond donors (Lipinski definition) is 1. The maximum Gasteiger partial charge on any atom is 0.0945 e. The first-order valence-corrected chi connectivity index (χ1v) is 7.55. The molecule has 1 aromatic rings. The van der Waals surface area contributed by atoms with E-state index in [1.54, 1.807) is 0 Å². The van der Waals surface area contributed by atoms with Gasteiger partial charge in [-0.25, -0.2) is 4.98 Å². The second-order valence-electron chi connectivity index (χ2n) is 5.65. The molecule has 1 atom stereocenters. The highest BCUT2D eigenvalue weighted by Gasteiger charge is 2.18. The summed E-state index contributed by atoms with van der Waals surface area (Å²) in [7, 11) is 0. The van der Waals surface area contributed by atoms with Crippen LogP contribution in [-0.4, -0.2) is 22.1 Å². The summed E-state index contributed by atoms with van der Waals surface area (Å²) in [5.74, 6) is 0.903. The molecule has 0 aliphatic heterocycles. The van der Waals surface area contributed by atoms with Crippen molar-refractivity contribution in [1.82, 2.24) is 14.9 Å². The van der Waals surface area contributed by atoms with Gasteiger partial charge >= 0.3 is 0 Å². The number of imidazole rings is 1. The third-order valence-corrected chi connectivity index (χ3v) is 4.23. The van der Waals surface area contributed by atoms with E-state index in [4.69, 9.17) is 0 Å². The lowest BCUT2D eigenvalue weighted by Crippen LogP contribution is -2.34. The second-order valence-corrected chi connectivity index (χ2v) is 5.65. The Bertz CT molecular complexity index is 300. The molecule has 2 rings (SSSR count). The molecule has 0 spiro atoms. The number of aryl methyl sites for hydroxylation is 1. The Morgan fingerprint density at radius 3 is 2.72 bits per heavy atom.